The summed E-state index contributed by atoms with van der Waals surface area (Å²) in [6.45, 7) is 0. The topological polar surface area (TPSA) is 126 Å². The zero-order valence-corrected chi connectivity index (χ0v) is 17.9. The van der Waals surface area contributed by atoms with Crippen LogP contribution in [0.5, 0.6) is 23.0 Å². The molecule has 28 heavy (non-hydrogen) atoms. The Balaban J connectivity index is 2.60. The highest BCUT2D eigenvalue weighted by molar-refractivity contribution is 9.10. The zero-order chi connectivity index (χ0) is 21.1. The molecule has 0 fully saturated rings. The van der Waals surface area contributed by atoms with Crippen molar-refractivity contribution in [3.8, 4) is 23.0 Å². The molecule has 0 aliphatic carbocycles. The van der Waals surface area contributed by atoms with Crippen LogP contribution < -0.4 is 29.4 Å². The smallest absolute Gasteiger partial charge is 0.263 e. The number of carbonyl (C=O) groups excluding carboxylic acids is 1. The molecule has 0 atom stereocenters. The minimum Gasteiger partial charge on any atom is -0.493 e. The SMILES string of the molecule is COc1cc(Br)c(S(=O)(=O)Nc2cc(OC)c(OC)cc2C(N)=O)cc1OC. The van der Waals surface area contributed by atoms with Crippen LogP contribution in [0.2, 0.25) is 0 Å². The van der Waals surface area contributed by atoms with Gasteiger partial charge in [0.05, 0.1) is 39.7 Å². The van der Waals surface area contributed by atoms with Crippen LogP contribution in [0.25, 0.3) is 0 Å². The van der Waals surface area contributed by atoms with Gasteiger partial charge in [-0.15, -0.1) is 0 Å². The fourth-order valence-corrected chi connectivity index (χ4v) is 4.52. The van der Waals surface area contributed by atoms with Crippen molar-refractivity contribution in [1.29, 1.82) is 0 Å². The Labute approximate surface area is 170 Å². The molecule has 11 heteroatoms. The molecule has 152 valence electrons. The average Bonchev–Trinajstić information content (AvgIpc) is 2.66. The molecule has 9 nitrogen and oxygen atoms in total. The molecule has 0 aliphatic heterocycles. The van der Waals surface area contributed by atoms with Crippen LogP contribution in [0, 0.1) is 0 Å². The normalized spacial score (nSPS) is 10.9. The van der Waals surface area contributed by atoms with Crippen molar-refractivity contribution in [2.24, 2.45) is 5.73 Å². The third-order valence-electron chi connectivity index (χ3n) is 3.76. The molecule has 0 saturated carbocycles. The summed E-state index contributed by atoms with van der Waals surface area (Å²) in [4.78, 5) is 11.7. The van der Waals surface area contributed by atoms with Crippen molar-refractivity contribution in [2.45, 2.75) is 4.90 Å². The second-order valence-corrected chi connectivity index (χ2v) is 7.87. The molecular formula is C17H19BrN2O7S. The molecule has 0 bridgehead atoms. The number of amides is 1. The van der Waals surface area contributed by atoms with Gasteiger partial charge in [-0.1, -0.05) is 0 Å². The lowest BCUT2D eigenvalue weighted by Crippen LogP contribution is -2.19. The summed E-state index contributed by atoms with van der Waals surface area (Å²) >= 11 is 3.21. The molecule has 0 aliphatic rings. The van der Waals surface area contributed by atoms with Crippen LogP contribution >= 0.6 is 15.9 Å². The van der Waals surface area contributed by atoms with Crippen molar-refractivity contribution in [3.63, 3.8) is 0 Å². The van der Waals surface area contributed by atoms with Crippen molar-refractivity contribution in [1.82, 2.24) is 0 Å². The highest BCUT2D eigenvalue weighted by Crippen LogP contribution is 2.38. The minimum atomic E-state index is -4.14. The van der Waals surface area contributed by atoms with Crippen LogP contribution in [-0.2, 0) is 10.0 Å². The van der Waals surface area contributed by atoms with Crippen molar-refractivity contribution in [3.05, 3.63) is 34.3 Å². The quantitative estimate of drug-likeness (QED) is 0.601. The van der Waals surface area contributed by atoms with Crippen LogP contribution in [0.15, 0.2) is 33.6 Å². The Bertz CT molecular complexity index is 1010. The average molecular weight is 475 g/mol. The number of benzene rings is 2. The molecule has 0 unspecified atom stereocenters. The number of sulfonamides is 1. The van der Waals surface area contributed by atoms with Crippen LogP contribution in [0.3, 0.4) is 0 Å². The van der Waals surface area contributed by atoms with Gasteiger partial charge >= 0.3 is 0 Å². The van der Waals surface area contributed by atoms with E-state index >= 15 is 0 Å². The summed E-state index contributed by atoms with van der Waals surface area (Å²) in [7, 11) is 1.44. The van der Waals surface area contributed by atoms with Gasteiger partial charge in [-0.25, -0.2) is 8.42 Å². The first kappa shape index (κ1) is 21.6. The summed E-state index contributed by atoms with van der Waals surface area (Å²) < 4.78 is 49.1. The Morgan fingerprint density at radius 1 is 0.893 bits per heavy atom. The second kappa shape index (κ2) is 8.57. The molecule has 0 saturated heterocycles. The van der Waals surface area contributed by atoms with Crippen LogP contribution in [0.1, 0.15) is 10.4 Å². The summed E-state index contributed by atoms with van der Waals surface area (Å²) in [5.74, 6) is 0.166. The summed E-state index contributed by atoms with van der Waals surface area (Å²) in [6.07, 6.45) is 0. The van der Waals surface area contributed by atoms with E-state index < -0.39 is 15.9 Å². The van der Waals surface area contributed by atoms with Crippen LogP contribution in [0.4, 0.5) is 5.69 Å². The van der Waals surface area contributed by atoms with E-state index in [1.807, 2.05) is 0 Å². The molecule has 2 rings (SSSR count). The Morgan fingerprint density at radius 3 is 1.86 bits per heavy atom. The number of hydrogen-bond acceptors (Lipinski definition) is 7. The van der Waals surface area contributed by atoms with E-state index in [9.17, 15) is 13.2 Å². The molecule has 3 N–H and O–H groups in total. The number of ether oxygens (including phenoxy) is 4. The first-order valence-electron chi connectivity index (χ1n) is 7.68. The lowest BCUT2D eigenvalue weighted by atomic mass is 10.1. The molecule has 1 amide bonds. The maximum atomic E-state index is 13.0. The van der Waals surface area contributed by atoms with E-state index in [2.05, 4.69) is 20.7 Å². The maximum Gasteiger partial charge on any atom is 0.263 e. The van der Waals surface area contributed by atoms with E-state index in [1.165, 1.54) is 52.7 Å². The van der Waals surface area contributed by atoms with Gasteiger partial charge in [-0.05, 0) is 28.1 Å². The minimum absolute atomic E-state index is 0.0631. The van der Waals surface area contributed by atoms with Crippen molar-refractivity contribution >= 4 is 37.5 Å². The lowest BCUT2D eigenvalue weighted by Gasteiger charge is -2.16. The van der Waals surface area contributed by atoms with E-state index in [-0.39, 0.29) is 37.9 Å². The zero-order valence-electron chi connectivity index (χ0n) is 15.5. The van der Waals surface area contributed by atoms with Gasteiger partial charge in [-0.3, -0.25) is 9.52 Å². The number of anilines is 1. The van der Waals surface area contributed by atoms with E-state index in [1.54, 1.807) is 0 Å². The van der Waals surface area contributed by atoms with Crippen LogP contribution in [-0.4, -0.2) is 42.8 Å². The highest BCUT2D eigenvalue weighted by atomic mass is 79.9. The van der Waals surface area contributed by atoms with Crippen molar-refractivity contribution in [2.75, 3.05) is 33.2 Å². The lowest BCUT2D eigenvalue weighted by molar-refractivity contribution is 0.100. The maximum absolute atomic E-state index is 13.0. The monoisotopic (exact) mass is 474 g/mol. The number of primary amides is 1. The van der Waals surface area contributed by atoms with Gasteiger partial charge in [0.25, 0.3) is 15.9 Å². The van der Waals surface area contributed by atoms with E-state index in [0.717, 1.165) is 0 Å². The fraction of sp³-hybridized carbons (Fsp3) is 0.235. The predicted molar refractivity (Wildman–Crippen MR) is 106 cm³/mol. The molecule has 0 heterocycles. The standard InChI is InChI=1S/C17H19BrN2O7S/c1-24-12-5-9(17(19)21)11(7-14(12)26-3)20-28(22,23)16-8-15(27-4)13(25-2)6-10(16)18/h5-8,20H,1-4H3,(H2,19,21). The Morgan fingerprint density at radius 2 is 1.36 bits per heavy atom. The van der Waals surface area contributed by atoms with Gasteiger partial charge < -0.3 is 24.7 Å². The molecule has 0 spiro atoms. The number of nitrogens with two attached hydrogens (primary N) is 1. The van der Waals surface area contributed by atoms with Gasteiger partial charge in [0.1, 0.15) is 4.90 Å². The Kier molecular flexibility index (Phi) is 6.62. The number of carbonyl (C=O) groups is 1. The summed E-state index contributed by atoms with van der Waals surface area (Å²) in [5, 5.41) is 0. The highest BCUT2D eigenvalue weighted by Gasteiger charge is 2.24. The second-order valence-electron chi connectivity index (χ2n) is 5.36. The summed E-state index contributed by atoms with van der Waals surface area (Å²) in [6, 6.07) is 5.35. The number of methoxy groups -OCH3 is 4. The number of nitrogens with one attached hydrogen (secondary N) is 1. The Hall–Kier alpha value is -2.66. The first-order valence-corrected chi connectivity index (χ1v) is 9.96. The number of rotatable bonds is 8. The first-order chi connectivity index (χ1) is 13.2. The largest absolute Gasteiger partial charge is 0.493 e. The third-order valence-corrected chi connectivity index (χ3v) is 6.09. The predicted octanol–water partition coefficient (Wildman–Crippen LogP) is 2.38. The number of hydrogen-bond donors (Lipinski definition) is 2. The van der Waals surface area contributed by atoms with E-state index in [4.69, 9.17) is 24.7 Å². The van der Waals surface area contributed by atoms with Gasteiger partial charge in [-0.2, -0.15) is 0 Å². The molecule has 2 aromatic rings. The number of halogens is 1. The molecule has 0 radical (unpaired) electrons. The molecular weight excluding hydrogens is 456 g/mol. The molecule has 2 aromatic carbocycles. The van der Waals surface area contributed by atoms with Gasteiger partial charge in [0.2, 0.25) is 0 Å². The summed E-state index contributed by atoms with van der Waals surface area (Å²) in [5.41, 5.74) is 5.24. The molecule has 0 aromatic heterocycles. The van der Waals surface area contributed by atoms with Crippen molar-refractivity contribution < 1.29 is 32.2 Å². The van der Waals surface area contributed by atoms with Gasteiger partial charge in [0, 0.05) is 16.6 Å². The fourth-order valence-electron chi connectivity index (χ4n) is 2.41. The third kappa shape index (κ3) is 4.25. The van der Waals surface area contributed by atoms with E-state index in [0.29, 0.717) is 5.75 Å². The van der Waals surface area contributed by atoms with Gasteiger partial charge in [0.15, 0.2) is 23.0 Å².